The molecule has 0 radical (unpaired) electrons. The van der Waals surface area contributed by atoms with E-state index in [4.69, 9.17) is 9.52 Å². The summed E-state index contributed by atoms with van der Waals surface area (Å²) >= 11 is 3.40. The molecule has 0 saturated carbocycles. The quantitative estimate of drug-likeness (QED) is 0.926. The van der Waals surface area contributed by atoms with Gasteiger partial charge in [-0.1, -0.05) is 6.92 Å². The van der Waals surface area contributed by atoms with E-state index in [-0.39, 0.29) is 11.8 Å². The van der Waals surface area contributed by atoms with E-state index in [1.165, 1.54) is 0 Å². The summed E-state index contributed by atoms with van der Waals surface area (Å²) < 4.78 is 6.26. The first-order valence-electron chi connectivity index (χ1n) is 5.25. The Labute approximate surface area is 102 Å². The molecule has 5 heteroatoms. The molecule has 1 aliphatic rings. The lowest BCUT2D eigenvalue weighted by Crippen LogP contribution is -2.23. The average molecular weight is 288 g/mol. The molecule has 1 aromatic rings. The summed E-state index contributed by atoms with van der Waals surface area (Å²) in [5.41, 5.74) is 0. The van der Waals surface area contributed by atoms with E-state index < -0.39 is 5.97 Å². The van der Waals surface area contributed by atoms with E-state index in [0.717, 1.165) is 16.8 Å². The van der Waals surface area contributed by atoms with Gasteiger partial charge >= 0.3 is 5.97 Å². The summed E-state index contributed by atoms with van der Waals surface area (Å²) in [4.78, 5) is 13.1. The van der Waals surface area contributed by atoms with Crippen molar-refractivity contribution >= 4 is 21.9 Å². The third-order valence-electron chi connectivity index (χ3n) is 3.06. The maximum atomic E-state index is 11.0. The van der Waals surface area contributed by atoms with Crippen LogP contribution in [-0.2, 0) is 11.3 Å². The molecule has 2 atom stereocenters. The Bertz CT molecular complexity index is 390. The highest BCUT2D eigenvalue weighted by molar-refractivity contribution is 9.10. The van der Waals surface area contributed by atoms with Gasteiger partial charge in [-0.25, -0.2) is 0 Å². The van der Waals surface area contributed by atoms with Gasteiger partial charge in [0.2, 0.25) is 0 Å². The number of nitrogens with zero attached hydrogens (tertiary/aromatic N) is 1. The maximum Gasteiger partial charge on any atom is 0.308 e. The number of aliphatic carboxylic acids is 1. The van der Waals surface area contributed by atoms with Crippen LogP contribution in [0.1, 0.15) is 12.7 Å². The van der Waals surface area contributed by atoms with Gasteiger partial charge < -0.3 is 9.52 Å². The molecular formula is C11H14BrNO3. The summed E-state index contributed by atoms with van der Waals surface area (Å²) in [5.74, 6) is 0.103. The Kier molecular flexibility index (Phi) is 3.35. The molecule has 2 rings (SSSR count). The van der Waals surface area contributed by atoms with Crippen LogP contribution >= 0.6 is 15.9 Å². The first-order valence-corrected chi connectivity index (χ1v) is 6.04. The lowest BCUT2D eigenvalue weighted by Gasteiger charge is -2.13. The minimum atomic E-state index is -0.700. The van der Waals surface area contributed by atoms with Crippen molar-refractivity contribution in [3.63, 3.8) is 0 Å². The number of furan rings is 1. The molecule has 1 N–H and O–H groups in total. The molecular weight excluding hydrogens is 274 g/mol. The highest BCUT2D eigenvalue weighted by atomic mass is 79.9. The first-order chi connectivity index (χ1) is 7.58. The Morgan fingerprint density at radius 2 is 2.44 bits per heavy atom. The van der Waals surface area contributed by atoms with Crippen molar-refractivity contribution < 1.29 is 14.3 Å². The second kappa shape index (κ2) is 4.59. The molecule has 1 saturated heterocycles. The molecule has 16 heavy (non-hydrogen) atoms. The van der Waals surface area contributed by atoms with Crippen molar-refractivity contribution in [1.29, 1.82) is 0 Å². The predicted octanol–water partition coefficient (Wildman–Crippen LogP) is 2.19. The SMILES string of the molecule is CC1CN(Cc2occc2Br)CC1C(=O)O. The van der Waals surface area contributed by atoms with Crippen molar-refractivity contribution in [3.8, 4) is 0 Å². The van der Waals surface area contributed by atoms with Crippen LogP contribution in [0, 0.1) is 11.8 Å². The van der Waals surface area contributed by atoms with Gasteiger partial charge in [0.1, 0.15) is 5.76 Å². The Morgan fingerprint density at radius 3 is 2.94 bits per heavy atom. The van der Waals surface area contributed by atoms with Crippen molar-refractivity contribution in [1.82, 2.24) is 4.90 Å². The number of hydrogen-bond acceptors (Lipinski definition) is 3. The molecule has 0 spiro atoms. The second-order valence-electron chi connectivity index (χ2n) is 4.31. The van der Waals surface area contributed by atoms with Crippen LogP contribution in [-0.4, -0.2) is 29.1 Å². The van der Waals surface area contributed by atoms with Crippen molar-refractivity contribution in [3.05, 3.63) is 22.6 Å². The largest absolute Gasteiger partial charge is 0.481 e. The van der Waals surface area contributed by atoms with Gasteiger partial charge in [-0.05, 0) is 27.9 Å². The highest BCUT2D eigenvalue weighted by Gasteiger charge is 2.34. The zero-order valence-electron chi connectivity index (χ0n) is 9.02. The Morgan fingerprint density at radius 1 is 1.69 bits per heavy atom. The normalized spacial score (nSPS) is 26.1. The molecule has 0 aromatic carbocycles. The minimum Gasteiger partial charge on any atom is -0.481 e. The van der Waals surface area contributed by atoms with Gasteiger partial charge in [-0.3, -0.25) is 9.69 Å². The molecule has 88 valence electrons. The van der Waals surface area contributed by atoms with Crippen molar-refractivity contribution in [2.45, 2.75) is 13.5 Å². The summed E-state index contributed by atoms with van der Waals surface area (Å²) in [6.07, 6.45) is 1.63. The van der Waals surface area contributed by atoms with E-state index >= 15 is 0 Å². The monoisotopic (exact) mass is 287 g/mol. The molecule has 1 fully saturated rings. The van der Waals surface area contributed by atoms with E-state index in [0.29, 0.717) is 13.1 Å². The highest BCUT2D eigenvalue weighted by Crippen LogP contribution is 2.27. The number of carboxylic acids is 1. The van der Waals surface area contributed by atoms with Crippen LogP contribution < -0.4 is 0 Å². The molecule has 1 aliphatic heterocycles. The molecule has 4 nitrogen and oxygen atoms in total. The maximum absolute atomic E-state index is 11.0. The molecule has 2 heterocycles. The number of likely N-dealkylation sites (tertiary alicyclic amines) is 1. The van der Waals surface area contributed by atoms with Crippen LogP contribution in [0.4, 0.5) is 0 Å². The van der Waals surface area contributed by atoms with Gasteiger partial charge in [-0.15, -0.1) is 0 Å². The third-order valence-corrected chi connectivity index (χ3v) is 3.77. The fourth-order valence-electron chi connectivity index (χ4n) is 2.16. The van der Waals surface area contributed by atoms with Crippen LogP contribution in [0.25, 0.3) is 0 Å². The van der Waals surface area contributed by atoms with E-state index in [2.05, 4.69) is 20.8 Å². The van der Waals surface area contributed by atoms with Crippen molar-refractivity contribution in [2.24, 2.45) is 11.8 Å². The van der Waals surface area contributed by atoms with Crippen LogP contribution in [0.5, 0.6) is 0 Å². The lowest BCUT2D eigenvalue weighted by molar-refractivity contribution is -0.142. The zero-order valence-corrected chi connectivity index (χ0v) is 10.6. The fraction of sp³-hybridized carbons (Fsp3) is 0.545. The topological polar surface area (TPSA) is 53.7 Å². The van der Waals surface area contributed by atoms with E-state index in [9.17, 15) is 4.79 Å². The molecule has 0 amide bonds. The van der Waals surface area contributed by atoms with Gasteiger partial charge in [0.25, 0.3) is 0 Å². The second-order valence-corrected chi connectivity index (χ2v) is 5.16. The number of hydrogen-bond donors (Lipinski definition) is 1. The van der Waals surface area contributed by atoms with Gasteiger partial charge in [0.15, 0.2) is 0 Å². The summed E-state index contributed by atoms with van der Waals surface area (Å²) in [6.45, 7) is 4.06. The van der Waals surface area contributed by atoms with Crippen LogP contribution in [0.2, 0.25) is 0 Å². The third kappa shape index (κ3) is 2.30. The van der Waals surface area contributed by atoms with Gasteiger partial charge in [0, 0.05) is 13.1 Å². The molecule has 1 aromatic heterocycles. The van der Waals surface area contributed by atoms with Gasteiger partial charge in [-0.2, -0.15) is 0 Å². The van der Waals surface area contributed by atoms with E-state index in [1.54, 1.807) is 6.26 Å². The van der Waals surface area contributed by atoms with E-state index in [1.807, 2.05) is 13.0 Å². The fourth-order valence-corrected chi connectivity index (χ4v) is 2.49. The molecule has 0 aliphatic carbocycles. The predicted molar refractivity (Wildman–Crippen MR) is 62.0 cm³/mol. The number of halogens is 1. The Balaban J connectivity index is 1.99. The standard InChI is InChI=1S/C11H14BrNO3/c1-7-4-13(5-8(7)11(14)15)6-10-9(12)2-3-16-10/h2-3,7-8H,4-6H2,1H3,(H,14,15). The number of rotatable bonds is 3. The molecule has 2 unspecified atom stereocenters. The lowest BCUT2D eigenvalue weighted by atomic mass is 9.99. The first kappa shape index (κ1) is 11.7. The Hall–Kier alpha value is -0.810. The van der Waals surface area contributed by atoms with Crippen LogP contribution in [0.15, 0.2) is 21.2 Å². The molecule has 0 bridgehead atoms. The van der Waals surface area contributed by atoms with Crippen LogP contribution in [0.3, 0.4) is 0 Å². The minimum absolute atomic E-state index is 0.200. The summed E-state index contributed by atoms with van der Waals surface area (Å²) in [7, 11) is 0. The number of carboxylic acid groups (broad SMARTS) is 1. The zero-order chi connectivity index (χ0) is 11.7. The number of carbonyl (C=O) groups is 1. The summed E-state index contributed by atoms with van der Waals surface area (Å²) in [5, 5.41) is 9.02. The smallest absolute Gasteiger partial charge is 0.308 e. The van der Waals surface area contributed by atoms with Gasteiger partial charge in [0.05, 0.1) is 23.2 Å². The average Bonchev–Trinajstić information content (AvgIpc) is 2.75. The summed E-state index contributed by atoms with van der Waals surface area (Å²) in [6, 6.07) is 1.85. The van der Waals surface area contributed by atoms with Crippen molar-refractivity contribution in [2.75, 3.05) is 13.1 Å².